The molecule has 0 saturated heterocycles. The lowest BCUT2D eigenvalue weighted by molar-refractivity contribution is -0.118. The van der Waals surface area contributed by atoms with Crippen molar-refractivity contribution in [2.45, 2.75) is 39.5 Å². The van der Waals surface area contributed by atoms with Crippen LogP contribution in [0.15, 0.2) is 30.9 Å². The molecule has 0 fully saturated rings. The Morgan fingerprint density at radius 1 is 1.53 bits per heavy atom. The van der Waals surface area contributed by atoms with Gasteiger partial charge in [-0.05, 0) is 50.2 Å². The van der Waals surface area contributed by atoms with Crippen LogP contribution < -0.4 is 5.73 Å². The first kappa shape index (κ1) is 15.4. The molecule has 1 aromatic rings. The first-order valence-corrected chi connectivity index (χ1v) is 6.86. The molecule has 2 N–H and O–H groups in total. The summed E-state index contributed by atoms with van der Waals surface area (Å²) in [6.07, 6.45) is 5.35. The maximum atomic E-state index is 11.0. The lowest BCUT2D eigenvalue weighted by Crippen LogP contribution is -2.19. The Bertz CT molecular complexity index is 429. The first-order chi connectivity index (χ1) is 9.02. The van der Waals surface area contributed by atoms with Crippen molar-refractivity contribution in [1.82, 2.24) is 4.98 Å². The Morgan fingerprint density at radius 3 is 2.84 bits per heavy atom. The predicted octanol–water partition coefficient (Wildman–Crippen LogP) is 3.03. The van der Waals surface area contributed by atoms with Crippen LogP contribution in [0.5, 0.6) is 0 Å². The maximum Gasteiger partial charge on any atom is 0.218 e. The second-order valence-electron chi connectivity index (χ2n) is 5.21. The fraction of sp³-hybridized carbons (Fsp3) is 0.500. The molecule has 3 nitrogen and oxygen atoms in total. The van der Waals surface area contributed by atoms with Crippen molar-refractivity contribution in [2.24, 2.45) is 17.6 Å². The van der Waals surface area contributed by atoms with E-state index in [0.717, 1.165) is 30.7 Å². The van der Waals surface area contributed by atoms with Crippen LogP contribution in [0.3, 0.4) is 0 Å². The zero-order chi connectivity index (χ0) is 14.3. The van der Waals surface area contributed by atoms with Gasteiger partial charge in [-0.25, -0.2) is 0 Å². The van der Waals surface area contributed by atoms with Crippen LogP contribution in [0, 0.1) is 18.8 Å². The maximum absolute atomic E-state index is 11.0. The molecule has 0 spiro atoms. The molecule has 19 heavy (non-hydrogen) atoms. The van der Waals surface area contributed by atoms with Gasteiger partial charge in [-0.1, -0.05) is 19.1 Å². The quantitative estimate of drug-likeness (QED) is 0.730. The summed E-state index contributed by atoms with van der Waals surface area (Å²) in [7, 11) is 0. The minimum Gasteiger partial charge on any atom is -0.370 e. The van der Waals surface area contributed by atoms with E-state index in [9.17, 15) is 4.79 Å². The number of nitrogens with zero attached hydrogens (tertiary/aromatic N) is 1. The van der Waals surface area contributed by atoms with Gasteiger partial charge in [0.05, 0.1) is 0 Å². The number of aryl methyl sites for hydroxylation is 2. The molecule has 0 aliphatic carbocycles. The molecule has 2 unspecified atom stereocenters. The number of carbonyl (C=O) groups is 1. The highest BCUT2D eigenvalue weighted by molar-refractivity contribution is 5.74. The highest BCUT2D eigenvalue weighted by atomic mass is 16.1. The predicted molar refractivity (Wildman–Crippen MR) is 78.6 cm³/mol. The van der Waals surface area contributed by atoms with Crippen molar-refractivity contribution in [3.8, 4) is 0 Å². The molecule has 0 saturated carbocycles. The highest BCUT2D eigenvalue weighted by Crippen LogP contribution is 2.22. The van der Waals surface area contributed by atoms with E-state index in [-0.39, 0.29) is 11.8 Å². The first-order valence-electron chi connectivity index (χ1n) is 6.86. The number of carbonyl (C=O) groups excluding carboxylic acids is 1. The van der Waals surface area contributed by atoms with Crippen molar-refractivity contribution >= 4 is 5.91 Å². The van der Waals surface area contributed by atoms with Gasteiger partial charge in [0.25, 0.3) is 0 Å². The van der Waals surface area contributed by atoms with Gasteiger partial charge in [-0.15, -0.1) is 6.58 Å². The molecule has 0 bridgehead atoms. The van der Waals surface area contributed by atoms with E-state index in [1.54, 1.807) is 0 Å². The van der Waals surface area contributed by atoms with E-state index in [4.69, 9.17) is 5.73 Å². The van der Waals surface area contributed by atoms with Crippen molar-refractivity contribution in [3.05, 3.63) is 42.2 Å². The molecule has 2 atom stereocenters. The molecule has 104 valence electrons. The molecule has 0 radical (unpaired) electrons. The van der Waals surface area contributed by atoms with E-state index in [1.165, 1.54) is 0 Å². The molecule has 1 amide bonds. The van der Waals surface area contributed by atoms with Gasteiger partial charge >= 0.3 is 0 Å². The normalized spacial score (nSPS) is 13.8. The molecule has 1 heterocycles. The average Bonchev–Trinajstić information content (AvgIpc) is 2.35. The standard InChI is InChI=1S/C16H24N2O/c1-4-14(11-16(17)19)12(2)7-5-9-15-10-6-8-13(3)18-15/h4,6,8,10,12,14H,1,5,7,9,11H2,2-3H3,(H2,17,19). The van der Waals surface area contributed by atoms with Gasteiger partial charge in [0.2, 0.25) is 5.91 Å². The number of aromatic nitrogens is 1. The molecule has 0 aliphatic heterocycles. The number of amides is 1. The minimum absolute atomic E-state index is 0.183. The lowest BCUT2D eigenvalue weighted by Gasteiger charge is -2.19. The van der Waals surface area contributed by atoms with Crippen LogP contribution in [-0.2, 0) is 11.2 Å². The van der Waals surface area contributed by atoms with Gasteiger partial charge in [-0.2, -0.15) is 0 Å². The second kappa shape index (κ2) is 7.72. The number of hydrogen-bond acceptors (Lipinski definition) is 2. The SMILES string of the molecule is C=CC(CC(N)=O)C(C)CCCc1cccc(C)n1. The molecule has 3 heteroatoms. The van der Waals surface area contributed by atoms with Gasteiger partial charge in [0.15, 0.2) is 0 Å². The number of primary amides is 1. The summed E-state index contributed by atoms with van der Waals surface area (Å²) < 4.78 is 0. The summed E-state index contributed by atoms with van der Waals surface area (Å²) in [4.78, 5) is 15.5. The molecule has 0 aromatic carbocycles. The third kappa shape index (κ3) is 5.69. The van der Waals surface area contributed by atoms with E-state index in [0.29, 0.717) is 12.3 Å². The van der Waals surface area contributed by atoms with Crippen LogP contribution in [0.1, 0.15) is 37.6 Å². The minimum atomic E-state index is -0.253. The Morgan fingerprint density at radius 2 is 2.26 bits per heavy atom. The zero-order valence-electron chi connectivity index (χ0n) is 11.9. The zero-order valence-corrected chi connectivity index (χ0v) is 11.9. The summed E-state index contributed by atoms with van der Waals surface area (Å²) in [5.74, 6) is 0.356. The lowest BCUT2D eigenvalue weighted by atomic mass is 9.87. The topological polar surface area (TPSA) is 56.0 Å². The van der Waals surface area contributed by atoms with Crippen LogP contribution in [0.2, 0.25) is 0 Å². The van der Waals surface area contributed by atoms with Crippen molar-refractivity contribution in [3.63, 3.8) is 0 Å². The van der Waals surface area contributed by atoms with Crippen molar-refractivity contribution in [2.75, 3.05) is 0 Å². The van der Waals surface area contributed by atoms with E-state index in [2.05, 4.69) is 24.6 Å². The van der Waals surface area contributed by atoms with Crippen LogP contribution in [0.4, 0.5) is 0 Å². The van der Waals surface area contributed by atoms with E-state index >= 15 is 0 Å². The number of pyridine rings is 1. The number of nitrogens with two attached hydrogens (primary N) is 1. The monoisotopic (exact) mass is 260 g/mol. The molecule has 1 aromatic heterocycles. The summed E-state index contributed by atoms with van der Waals surface area (Å²) in [6.45, 7) is 7.95. The number of hydrogen-bond donors (Lipinski definition) is 1. The van der Waals surface area contributed by atoms with Crippen LogP contribution >= 0.6 is 0 Å². The van der Waals surface area contributed by atoms with Crippen molar-refractivity contribution in [1.29, 1.82) is 0 Å². The Labute approximate surface area is 115 Å². The van der Waals surface area contributed by atoms with Crippen LogP contribution in [0.25, 0.3) is 0 Å². The van der Waals surface area contributed by atoms with E-state index < -0.39 is 0 Å². The summed E-state index contributed by atoms with van der Waals surface area (Å²) in [5.41, 5.74) is 7.44. The smallest absolute Gasteiger partial charge is 0.218 e. The third-order valence-corrected chi connectivity index (χ3v) is 3.51. The van der Waals surface area contributed by atoms with Crippen LogP contribution in [-0.4, -0.2) is 10.9 Å². The fourth-order valence-corrected chi connectivity index (χ4v) is 2.31. The van der Waals surface area contributed by atoms with Gasteiger partial charge in [0, 0.05) is 17.8 Å². The van der Waals surface area contributed by atoms with E-state index in [1.807, 2.05) is 25.1 Å². The number of allylic oxidation sites excluding steroid dienone is 1. The number of rotatable bonds is 8. The van der Waals surface area contributed by atoms with Gasteiger partial charge in [0.1, 0.15) is 0 Å². The molecule has 1 rings (SSSR count). The highest BCUT2D eigenvalue weighted by Gasteiger charge is 2.16. The Kier molecular flexibility index (Phi) is 6.26. The van der Waals surface area contributed by atoms with Crippen molar-refractivity contribution < 1.29 is 4.79 Å². The largest absolute Gasteiger partial charge is 0.370 e. The summed E-state index contributed by atoms with van der Waals surface area (Å²) in [6, 6.07) is 6.11. The molecule has 0 aliphatic rings. The fourth-order valence-electron chi connectivity index (χ4n) is 2.31. The third-order valence-electron chi connectivity index (χ3n) is 3.51. The van der Waals surface area contributed by atoms with Gasteiger partial charge < -0.3 is 5.73 Å². The summed E-state index contributed by atoms with van der Waals surface area (Å²) in [5, 5.41) is 0. The Hall–Kier alpha value is -1.64. The Balaban J connectivity index is 2.39. The average molecular weight is 260 g/mol. The second-order valence-corrected chi connectivity index (χ2v) is 5.21. The van der Waals surface area contributed by atoms with Gasteiger partial charge in [-0.3, -0.25) is 9.78 Å². The summed E-state index contributed by atoms with van der Waals surface area (Å²) >= 11 is 0. The molecular formula is C16H24N2O. The molecular weight excluding hydrogens is 236 g/mol.